The first-order valence-electron chi connectivity index (χ1n) is 5.60. The highest BCUT2D eigenvalue weighted by molar-refractivity contribution is 5.52. The smallest absolute Gasteiger partial charge is 0.306 e. The van der Waals surface area contributed by atoms with E-state index in [9.17, 15) is 14.5 Å². The highest BCUT2D eigenvalue weighted by Crippen LogP contribution is 2.22. The molecule has 0 spiro atoms. The Bertz CT molecular complexity index is 407. The van der Waals surface area contributed by atoms with Crippen LogP contribution in [0.5, 0.6) is 0 Å². The van der Waals surface area contributed by atoms with Crippen LogP contribution < -0.4 is 5.32 Å². The molecular formula is C12H17FN2O2. The zero-order valence-electron chi connectivity index (χ0n) is 10.2. The summed E-state index contributed by atoms with van der Waals surface area (Å²) in [6, 6.07) is 4.05. The fraction of sp³-hybridized carbons (Fsp3) is 0.500. The third-order valence-electron chi connectivity index (χ3n) is 2.38. The van der Waals surface area contributed by atoms with E-state index in [0.717, 1.165) is 12.5 Å². The lowest BCUT2D eigenvalue weighted by Gasteiger charge is -2.17. The number of nitro benzene ring substituents is 1. The van der Waals surface area contributed by atoms with Gasteiger partial charge in [-0.3, -0.25) is 10.1 Å². The number of rotatable bonds is 5. The van der Waals surface area contributed by atoms with Gasteiger partial charge in [0.2, 0.25) is 5.82 Å². The molecule has 1 aromatic rings. The number of nitro groups is 1. The minimum Gasteiger partial charge on any atom is -0.382 e. The summed E-state index contributed by atoms with van der Waals surface area (Å²) in [5, 5.41) is 13.7. The number of nitrogens with one attached hydrogen (secondary N) is 1. The Labute approximate surface area is 100.0 Å². The number of benzene rings is 1. The fourth-order valence-electron chi connectivity index (χ4n) is 1.79. The van der Waals surface area contributed by atoms with Crippen molar-refractivity contribution in [2.24, 2.45) is 5.92 Å². The molecule has 0 aromatic heterocycles. The predicted molar refractivity (Wildman–Crippen MR) is 65.6 cm³/mol. The second kappa shape index (κ2) is 5.61. The molecular weight excluding hydrogens is 223 g/mol. The van der Waals surface area contributed by atoms with Crippen LogP contribution in [-0.2, 0) is 0 Å². The van der Waals surface area contributed by atoms with E-state index in [2.05, 4.69) is 19.2 Å². The van der Waals surface area contributed by atoms with Gasteiger partial charge < -0.3 is 5.32 Å². The Hall–Kier alpha value is -1.65. The van der Waals surface area contributed by atoms with Gasteiger partial charge in [-0.05, 0) is 31.4 Å². The van der Waals surface area contributed by atoms with E-state index in [1.54, 1.807) is 0 Å². The van der Waals surface area contributed by atoms with Crippen molar-refractivity contribution in [1.82, 2.24) is 0 Å². The molecule has 17 heavy (non-hydrogen) atoms. The maximum atomic E-state index is 13.1. The van der Waals surface area contributed by atoms with Crippen LogP contribution in [0.4, 0.5) is 15.8 Å². The first kappa shape index (κ1) is 13.4. The molecule has 1 unspecified atom stereocenters. The number of anilines is 1. The number of halogens is 1. The summed E-state index contributed by atoms with van der Waals surface area (Å²) in [5.41, 5.74) is 0.0815. The third kappa shape index (κ3) is 4.01. The van der Waals surface area contributed by atoms with Gasteiger partial charge >= 0.3 is 5.69 Å². The van der Waals surface area contributed by atoms with Crippen molar-refractivity contribution in [3.05, 3.63) is 34.1 Å². The van der Waals surface area contributed by atoms with Crippen LogP contribution in [0.1, 0.15) is 27.2 Å². The lowest BCUT2D eigenvalue weighted by Crippen LogP contribution is -2.17. The Balaban J connectivity index is 2.79. The minimum absolute atomic E-state index is 0.195. The van der Waals surface area contributed by atoms with E-state index >= 15 is 0 Å². The lowest BCUT2D eigenvalue weighted by molar-refractivity contribution is -0.387. The SMILES string of the molecule is CC(C)CC(C)Nc1ccc(F)c([N+](=O)[O-])c1. The van der Waals surface area contributed by atoms with Crippen molar-refractivity contribution in [1.29, 1.82) is 0 Å². The van der Waals surface area contributed by atoms with Crippen molar-refractivity contribution < 1.29 is 9.31 Å². The van der Waals surface area contributed by atoms with E-state index in [1.807, 2.05) is 6.92 Å². The van der Waals surface area contributed by atoms with Crippen molar-refractivity contribution in [2.75, 3.05) is 5.32 Å². The molecule has 0 aliphatic carbocycles. The van der Waals surface area contributed by atoms with Crippen LogP contribution >= 0.6 is 0 Å². The molecule has 0 amide bonds. The van der Waals surface area contributed by atoms with Crippen LogP contribution in [0.25, 0.3) is 0 Å². The minimum atomic E-state index is -0.808. The van der Waals surface area contributed by atoms with Gasteiger partial charge in [0.1, 0.15) is 0 Å². The zero-order valence-corrected chi connectivity index (χ0v) is 10.2. The maximum absolute atomic E-state index is 13.1. The number of nitrogens with zero attached hydrogens (tertiary/aromatic N) is 1. The summed E-state index contributed by atoms with van der Waals surface area (Å²) in [4.78, 5) is 9.86. The van der Waals surface area contributed by atoms with Crippen LogP contribution in [0, 0.1) is 21.8 Å². The van der Waals surface area contributed by atoms with Gasteiger partial charge in [0.15, 0.2) is 0 Å². The van der Waals surface area contributed by atoms with Gasteiger partial charge in [0, 0.05) is 17.8 Å². The van der Waals surface area contributed by atoms with Crippen LogP contribution in [-0.4, -0.2) is 11.0 Å². The summed E-state index contributed by atoms with van der Waals surface area (Å²) in [5.74, 6) is -0.273. The van der Waals surface area contributed by atoms with Crippen molar-refractivity contribution >= 4 is 11.4 Å². The van der Waals surface area contributed by atoms with Crippen molar-refractivity contribution in [3.63, 3.8) is 0 Å². The second-order valence-corrected chi connectivity index (χ2v) is 4.60. The Morgan fingerprint density at radius 3 is 2.59 bits per heavy atom. The van der Waals surface area contributed by atoms with E-state index in [-0.39, 0.29) is 6.04 Å². The van der Waals surface area contributed by atoms with Crippen LogP contribution in [0.15, 0.2) is 18.2 Å². The number of hydrogen-bond acceptors (Lipinski definition) is 3. The van der Waals surface area contributed by atoms with Gasteiger partial charge in [-0.15, -0.1) is 0 Å². The van der Waals surface area contributed by atoms with Gasteiger partial charge in [0.25, 0.3) is 0 Å². The summed E-state index contributed by atoms with van der Waals surface area (Å²) >= 11 is 0. The monoisotopic (exact) mass is 240 g/mol. The third-order valence-corrected chi connectivity index (χ3v) is 2.38. The Morgan fingerprint density at radius 2 is 2.06 bits per heavy atom. The summed E-state index contributed by atoms with van der Waals surface area (Å²) in [6.45, 7) is 6.20. The lowest BCUT2D eigenvalue weighted by atomic mass is 10.1. The van der Waals surface area contributed by atoms with Crippen LogP contribution in [0.2, 0.25) is 0 Å². The van der Waals surface area contributed by atoms with Gasteiger partial charge in [0.05, 0.1) is 4.92 Å². The average Bonchev–Trinajstić information content (AvgIpc) is 2.19. The standard InChI is InChI=1S/C12H17FN2O2/c1-8(2)6-9(3)14-10-4-5-11(13)12(7-10)15(16)17/h4-5,7-9,14H,6H2,1-3H3. The summed E-state index contributed by atoms with van der Waals surface area (Å²) in [6.07, 6.45) is 0.950. The Kier molecular flexibility index (Phi) is 4.43. The normalized spacial score (nSPS) is 12.5. The molecule has 1 aromatic carbocycles. The molecule has 1 N–H and O–H groups in total. The van der Waals surface area contributed by atoms with Crippen molar-refractivity contribution in [3.8, 4) is 0 Å². The first-order chi connectivity index (χ1) is 7.90. The quantitative estimate of drug-likeness (QED) is 0.632. The molecule has 0 saturated heterocycles. The summed E-state index contributed by atoms with van der Waals surface area (Å²) < 4.78 is 13.1. The Morgan fingerprint density at radius 1 is 1.41 bits per heavy atom. The molecule has 5 heteroatoms. The first-order valence-corrected chi connectivity index (χ1v) is 5.60. The van der Waals surface area contributed by atoms with Crippen molar-refractivity contribution in [2.45, 2.75) is 33.2 Å². The maximum Gasteiger partial charge on any atom is 0.306 e. The van der Waals surface area contributed by atoms with E-state index in [4.69, 9.17) is 0 Å². The van der Waals surface area contributed by atoms with Gasteiger partial charge in [-0.1, -0.05) is 13.8 Å². The molecule has 0 heterocycles. The van der Waals surface area contributed by atoms with E-state index in [0.29, 0.717) is 11.6 Å². The van der Waals surface area contributed by atoms with E-state index in [1.165, 1.54) is 12.1 Å². The molecule has 0 saturated carbocycles. The molecule has 4 nitrogen and oxygen atoms in total. The molecule has 0 radical (unpaired) electrons. The molecule has 1 atom stereocenters. The topological polar surface area (TPSA) is 55.2 Å². The molecule has 0 aliphatic rings. The summed E-state index contributed by atoms with van der Waals surface area (Å²) in [7, 11) is 0. The molecule has 94 valence electrons. The molecule has 1 rings (SSSR count). The van der Waals surface area contributed by atoms with Gasteiger partial charge in [-0.25, -0.2) is 0 Å². The average molecular weight is 240 g/mol. The largest absolute Gasteiger partial charge is 0.382 e. The highest BCUT2D eigenvalue weighted by atomic mass is 19.1. The van der Waals surface area contributed by atoms with Gasteiger partial charge in [-0.2, -0.15) is 4.39 Å². The molecule has 0 fully saturated rings. The second-order valence-electron chi connectivity index (χ2n) is 4.60. The molecule has 0 aliphatic heterocycles. The highest BCUT2D eigenvalue weighted by Gasteiger charge is 2.15. The van der Waals surface area contributed by atoms with E-state index < -0.39 is 16.4 Å². The van der Waals surface area contributed by atoms with Crippen LogP contribution in [0.3, 0.4) is 0 Å². The number of hydrogen-bond donors (Lipinski definition) is 1. The molecule has 0 bridgehead atoms. The zero-order chi connectivity index (χ0) is 13.0. The predicted octanol–water partition coefficient (Wildman–Crippen LogP) is 3.58. The fourth-order valence-corrected chi connectivity index (χ4v) is 1.79.